The van der Waals surface area contributed by atoms with Crippen LogP contribution in [0.3, 0.4) is 0 Å². The van der Waals surface area contributed by atoms with Crippen LogP contribution in [-0.2, 0) is 16.0 Å². The Morgan fingerprint density at radius 2 is 1.95 bits per heavy atom. The Morgan fingerprint density at radius 3 is 2.45 bits per heavy atom. The van der Waals surface area contributed by atoms with E-state index in [1.165, 1.54) is 12.5 Å². The number of benzene rings is 1. The SMILES string of the molecule is CCCCc1ccc(OCC(NC(C)=O)C(=O)O)cc1. The van der Waals surface area contributed by atoms with Crippen LogP contribution in [0.2, 0.25) is 0 Å². The fourth-order valence-corrected chi connectivity index (χ4v) is 1.73. The lowest BCUT2D eigenvalue weighted by Crippen LogP contribution is -2.43. The van der Waals surface area contributed by atoms with Crippen LogP contribution < -0.4 is 10.1 Å². The average Bonchev–Trinajstić information content (AvgIpc) is 2.41. The summed E-state index contributed by atoms with van der Waals surface area (Å²) in [6.07, 6.45) is 3.32. The summed E-state index contributed by atoms with van der Waals surface area (Å²) in [5.41, 5.74) is 1.23. The lowest BCUT2D eigenvalue weighted by Gasteiger charge is -2.14. The number of ether oxygens (including phenoxy) is 1. The molecule has 1 unspecified atom stereocenters. The quantitative estimate of drug-likeness (QED) is 0.763. The number of hydrogen-bond acceptors (Lipinski definition) is 3. The highest BCUT2D eigenvalue weighted by atomic mass is 16.5. The third-order valence-electron chi connectivity index (χ3n) is 2.83. The lowest BCUT2D eigenvalue weighted by atomic mass is 10.1. The summed E-state index contributed by atoms with van der Waals surface area (Å²) in [6.45, 7) is 3.33. The van der Waals surface area contributed by atoms with E-state index in [9.17, 15) is 9.59 Å². The smallest absolute Gasteiger partial charge is 0.329 e. The maximum atomic E-state index is 10.9. The number of carboxylic acid groups (broad SMARTS) is 1. The van der Waals surface area contributed by atoms with Crippen LogP contribution in [0.15, 0.2) is 24.3 Å². The molecule has 0 bridgehead atoms. The topological polar surface area (TPSA) is 75.6 Å². The van der Waals surface area contributed by atoms with E-state index in [2.05, 4.69) is 12.2 Å². The van der Waals surface area contributed by atoms with Crippen molar-refractivity contribution in [3.63, 3.8) is 0 Å². The zero-order chi connectivity index (χ0) is 15.0. The Hall–Kier alpha value is -2.04. The Balaban J connectivity index is 2.51. The molecule has 0 saturated heterocycles. The molecule has 5 heteroatoms. The van der Waals surface area contributed by atoms with Gasteiger partial charge in [-0.1, -0.05) is 25.5 Å². The summed E-state index contributed by atoms with van der Waals surface area (Å²) < 4.78 is 5.39. The van der Waals surface area contributed by atoms with Gasteiger partial charge < -0.3 is 15.2 Å². The first kappa shape index (κ1) is 16.0. The first-order valence-electron chi connectivity index (χ1n) is 6.74. The first-order chi connectivity index (χ1) is 9.52. The molecule has 0 fully saturated rings. The van der Waals surface area contributed by atoms with E-state index in [-0.39, 0.29) is 6.61 Å². The molecule has 5 nitrogen and oxygen atoms in total. The molecule has 0 radical (unpaired) electrons. The van der Waals surface area contributed by atoms with Gasteiger partial charge in [0.25, 0.3) is 0 Å². The van der Waals surface area contributed by atoms with Crippen molar-refractivity contribution in [3.05, 3.63) is 29.8 Å². The molecule has 0 heterocycles. The number of carbonyl (C=O) groups is 2. The van der Waals surface area contributed by atoms with E-state index in [4.69, 9.17) is 9.84 Å². The van der Waals surface area contributed by atoms with Crippen molar-refractivity contribution in [1.29, 1.82) is 0 Å². The number of hydrogen-bond donors (Lipinski definition) is 2. The number of nitrogens with one attached hydrogen (secondary N) is 1. The Kier molecular flexibility index (Phi) is 6.56. The minimum Gasteiger partial charge on any atom is -0.491 e. The van der Waals surface area contributed by atoms with Crippen LogP contribution in [0.5, 0.6) is 5.75 Å². The number of rotatable bonds is 8. The van der Waals surface area contributed by atoms with Gasteiger partial charge >= 0.3 is 5.97 Å². The van der Waals surface area contributed by atoms with Crippen molar-refractivity contribution in [1.82, 2.24) is 5.32 Å². The minimum absolute atomic E-state index is 0.0940. The van der Waals surface area contributed by atoms with Crippen molar-refractivity contribution in [3.8, 4) is 5.75 Å². The molecule has 0 saturated carbocycles. The molecule has 110 valence electrons. The van der Waals surface area contributed by atoms with Gasteiger partial charge in [0.2, 0.25) is 5.91 Å². The highest BCUT2D eigenvalue weighted by Gasteiger charge is 2.18. The second-order valence-corrected chi connectivity index (χ2v) is 4.65. The van der Waals surface area contributed by atoms with Gasteiger partial charge in [-0.15, -0.1) is 0 Å². The number of amides is 1. The third kappa shape index (κ3) is 5.73. The van der Waals surface area contributed by atoms with Crippen LogP contribution in [0, 0.1) is 0 Å². The molecule has 1 rings (SSSR count). The van der Waals surface area contributed by atoms with E-state index in [1.54, 1.807) is 0 Å². The van der Waals surface area contributed by atoms with Gasteiger partial charge in [0.05, 0.1) is 0 Å². The summed E-state index contributed by atoms with van der Waals surface area (Å²) in [6, 6.07) is 6.54. The van der Waals surface area contributed by atoms with Gasteiger partial charge in [-0.2, -0.15) is 0 Å². The summed E-state index contributed by atoms with van der Waals surface area (Å²) in [5, 5.41) is 11.3. The number of unbranched alkanes of at least 4 members (excludes halogenated alkanes) is 1. The van der Waals surface area contributed by atoms with Gasteiger partial charge in [0.1, 0.15) is 12.4 Å². The molecular weight excluding hydrogens is 258 g/mol. The second-order valence-electron chi connectivity index (χ2n) is 4.65. The van der Waals surface area contributed by atoms with Gasteiger partial charge in [-0.25, -0.2) is 4.79 Å². The molecule has 0 spiro atoms. The van der Waals surface area contributed by atoms with Gasteiger partial charge in [-0.3, -0.25) is 4.79 Å². The Labute approximate surface area is 118 Å². The van der Waals surface area contributed by atoms with E-state index in [0.29, 0.717) is 5.75 Å². The van der Waals surface area contributed by atoms with Crippen LogP contribution >= 0.6 is 0 Å². The zero-order valence-electron chi connectivity index (χ0n) is 11.9. The standard InChI is InChI=1S/C15H21NO4/c1-3-4-5-12-6-8-13(9-7-12)20-10-14(15(18)19)16-11(2)17/h6-9,14H,3-5,10H2,1-2H3,(H,16,17)(H,18,19). The van der Waals surface area contributed by atoms with Gasteiger partial charge in [-0.05, 0) is 30.5 Å². The van der Waals surface area contributed by atoms with Crippen LogP contribution in [-0.4, -0.2) is 29.6 Å². The van der Waals surface area contributed by atoms with Crippen molar-refractivity contribution >= 4 is 11.9 Å². The minimum atomic E-state index is -1.11. The lowest BCUT2D eigenvalue weighted by molar-refractivity contribution is -0.142. The largest absolute Gasteiger partial charge is 0.491 e. The maximum Gasteiger partial charge on any atom is 0.329 e. The molecule has 0 aliphatic heterocycles. The summed E-state index contributed by atoms with van der Waals surface area (Å²) in [4.78, 5) is 21.8. The Bertz CT molecular complexity index is 442. The van der Waals surface area contributed by atoms with Crippen LogP contribution in [0.25, 0.3) is 0 Å². The fraction of sp³-hybridized carbons (Fsp3) is 0.467. The molecule has 0 aliphatic carbocycles. The van der Waals surface area contributed by atoms with Crippen molar-refractivity contribution in [2.75, 3.05) is 6.61 Å². The predicted molar refractivity (Wildman–Crippen MR) is 75.8 cm³/mol. The van der Waals surface area contributed by atoms with E-state index >= 15 is 0 Å². The summed E-state index contributed by atoms with van der Waals surface area (Å²) in [5.74, 6) is -0.905. The van der Waals surface area contributed by atoms with Crippen LogP contribution in [0.4, 0.5) is 0 Å². The van der Waals surface area contributed by atoms with E-state index < -0.39 is 17.9 Å². The van der Waals surface area contributed by atoms with E-state index in [1.807, 2.05) is 24.3 Å². The third-order valence-corrected chi connectivity index (χ3v) is 2.83. The molecular formula is C15H21NO4. The normalized spacial score (nSPS) is 11.7. The highest BCUT2D eigenvalue weighted by Crippen LogP contribution is 2.14. The molecule has 0 aromatic heterocycles. The highest BCUT2D eigenvalue weighted by molar-refractivity contribution is 5.82. The zero-order valence-corrected chi connectivity index (χ0v) is 11.9. The number of aryl methyl sites for hydroxylation is 1. The molecule has 2 N–H and O–H groups in total. The predicted octanol–water partition coefficient (Wildman–Crippen LogP) is 2.00. The van der Waals surface area contributed by atoms with Crippen LogP contribution in [0.1, 0.15) is 32.3 Å². The Morgan fingerprint density at radius 1 is 1.30 bits per heavy atom. The van der Waals surface area contributed by atoms with Crippen molar-refractivity contribution in [2.24, 2.45) is 0 Å². The number of carbonyl (C=O) groups excluding carboxylic acids is 1. The van der Waals surface area contributed by atoms with Gasteiger partial charge in [0, 0.05) is 6.92 Å². The molecule has 1 amide bonds. The van der Waals surface area contributed by atoms with Crippen molar-refractivity contribution in [2.45, 2.75) is 39.2 Å². The molecule has 0 aliphatic rings. The van der Waals surface area contributed by atoms with Crippen molar-refractivity contribution < 1.29 is 19.4 Å². The van der Waals surface area contributed by atoms with E-state index in [0.717, 1.165) is 19.3 Å². The summed E-state index contributed by atoms with van der Waals surface area (Å²) in [7, 11) is 0. The number of aliphatic carboxylic acids is 1. The molecule has 20 heavy (non-hydrogen) atoms. The van der Waals surface area contributed by atoms with Gasteiger partial charge in [0.15, 0.2) is 6.04 Å². The molecule has 1 aromatic rings. The molecule has 1 aromatic carbocycles. The monoisotopic (exact) mass is 279 g/mol. The first-order valence-corrected chi connectivity index (χ1v) is 6.74. The average molecular weight is 279 g/mol. The molecule has 1 atom stereocenters. The summed E-state index contributed by atoms with van der Waals surface area (Å²) >= 11 is 0. The maximum absolute atomic E-state index is 10.9. The fourth-order valence-electron chi connectivity index (χ4n) is 1.73. The second kappa shape index (κ2) is 8.19. The number of carboxylic acids is 1.